The molecule has 0 aliphatic rings. The highest BCUT2D eigenvalue weighted by atomic mass is 32.1. The van der Waals surface area contributed by atoms with Crippen LogP contribution in [0.3, 0.4) is 0 Å². The topological polar surface area (TPSA) is 68.8 Å². The number of aryl methyl sites for hydroxylation is 1. The van der Waals surface area contributed by atoms with Crippen LogP contribution < -0.4 is 20.1 Å². The van der Waals surface area contributed by atoms with E-state index in [4.69, 9.17) is 26.4 Å². The van der Waals surface area contributed by atoms with Crippen molar-refractivity contribution in [3.63, 3.8) is 0 Å². The smallest absolute Gasteiger partial charge is 0.261 e. The maximum absolute atomic E-state index is 12.7. The predicted molar refractivity (Wildman–Crippen MR) is 134 cm³/mol. The van der Waals surface area contributed by atoms with Gasteiger partial charge in [-0.05, 0) is 54.9 Å². The molecule has 3 aromatic rings. The van der Waals surface area contributed by atoms with E-state index < -0.39 is 0 Å². The fraction of sp³-hybridized carbons (Fsp3) is 0.231. The number of para-hydroxylation sites is 1. The van der Waals surface area contributed by atoms with Crippen LogP contribution in [-0.4, -0.2) is 38.0 Å². The average Bonchev–Trinajstić information content (AvgIpc) is 2.83. The number of ether oxygens (including phenoxy) is 3. The van der Waals surface area contributed by atoms with E-state index in [0.717, 1.165) is 24.3 Å². The van der Waals surface area contributed by atoms with Gasteiger partial charge < -0.3 is 19.5 Å². The summed E-state index contributed by atoms with van der Waals surface area (Å²) in [5.41, 5.74) is 2.42. The third kappa shape index (κ3) is 8.21. The summed E-state index contributed by atoms with van der Waals surface area (Å²) >= 11 is 5.32. The number of benzene rings is 3. The number of hydrogen-bond acceptors (Lipinski definition) is 5. The van der Waals surface area contributed by atoms with Crippen molar-refractivity contribution in [1.29, 1.82) is 0 Å². The molecule has 172 valence electrons. The molecular weight excluding hydrogens is 436 g/mol. The summed E-state index contributed by atoms with van der Waals surface area (Å²) in [5, 5.41) is 5.91. The van der Waals surface area contributed by atoms with Crippen molar-refractivity contribution in [3.8, 4) is 11.5 Å². The molecule has 0 atom stereocenters. The van der Waals surface area contributed by atoms with Gasteiger partial charge in [0, 0.05) is 18.9 Å². The summed E-state index contributed by atoms with van der Waals surface area (Å²) in [7, 11) is 1.59. The molecule has 0 saturated heterocycles. The van der Waals surface area contributed by atoms with Crippen LogP contribution in [0.25, 0.3) is 0 Å². The predicted octanol–water partition coefficient (Wildman–Crippen LogP) is 4.85. The van der Waals surface area contributed by atoms with Crippen LogP contribution in [0.1, 0.15) is 22.3 Å². The number of carbonyl (C=O) groups is 1. The molecule has 1 amide bonds. The highest BCUT2D eigenvalue weighted by Gasteiger charge is 2.13. The van der Waals surface area contributed by atoms with Crippen molar-refractivity contribution in [2.45, 2.75) is 12.8 Å². The SMILES string of the molecule is COCCOc1ccccc1C(=O)NC(=S)Nc1cccc(OCCCc2ccccc2)c1. The number of methoxy groups -OCH3 is 1. The molecule has 0 aliphatic carbocycles. The summed E-state index contributed by atoms with van der Waals surface area (Å²) in [4.78, 5) is 12.7. The van der Waals surface area contributed by atoms with Gasteiger partial charge >= 0.3 is 0 Å². The molecule has 0 bridgehead atoms. The lowest BCUT2D eigenvalue weighted by Crippen LogP contribution is -2.34. The third-order valence-electron chi connectivity index (χ3n) is 4.72. The van der Waals surface area contributed by atoms with E-state index in [0.29, 0.717) is 31.1 Å². The molecule has 0 radical (unpaired) electrons. The Morgan fingerprint density at radius 3 is 2.48 bits per heavy atom. The van der Waals surface area contributed by atoms with E-state index in [2.05, 4.69) is 22.8 Å². The van der Waals surface area contributed by atoms with Crippen LogP contribution in [0.15, 0.2) is 78.9 Å². The van der Waals surface area contributed by atoms with Gasteiger partial charge in [0.05, 0.1) is 18.8 Å². The van der Waals surface area contributed by atoms with Crippen LogP contribution in [-0.2, 0) is 11.2 Å². The first-order valence-corrected chi connectivity index (χ1v) is 11.2. The van der Waals surface area contributed by atoms with Gasteiger partial charge in [0.1, 0.15) is 18.1 Å². The standard InChI is InChI=1S/C26H28N2O4S/c1-30-17-18-32-24-15-6-5-14-23(24)25(29)28-26(33)27-21-12-7-13-22(19-21)31-16-8-11-20-9-3-2-4-10-20/h2-7,9-10,12-15,19H,8,11,16-18H2,1H3,(H2,27,28,29,33). The van der Waals surface area contributed by atoms with Crippen molar-refractivity contribution in [3.05, 3.63) is 90.0 Å². The van der Waals surface area contributed by atoms with E-state index >= 15 is 0 Å². The average molecular weight is 465 g/mol. The van der Waals surface area contributed by atoms with Gasteiger partial charge in [0.25, 0.3) is 5.91 Å². The number of anilines is 1. The molecule has 3 rings (SSSR count). The Hall–Kier alpha value is -3.42. The lowest BCUT2D eigenvalue weighted by Gasteiger charge is -2.13. The highest BCUT2D eigenvalue weighted by molar-refractivity contribution is 7.80. The zero-order valence-electron chi connectivity index (χ0n) is 18.6. The zero-order chi connectivity index (χ0) is 23.3. The van der Waals surface area contributed by atoms with Crippen LogP contribution in [0.5, 0.6) is 11.5 Å². The Bertz CT molecular complexity index is 1040. The molecule has 0 aliphatic heterocycles. The fourth-order valence-corrected chi connectivity index (χ4v) is 3.33. The maximum Gasteiger partial charge on any atom is 0.261 e. The first kappa shape index (κ1) is 24.2. The molecule has 7 heteroatoms. The maximum atomic E-state index is 12.7. The zero-order valence-corrected chi connectivity index (χ0v) is 19.4. The summed E-state index contributed by atoms with van der Waals surface area (Å²) in [6, 6.07) is 24.8. The van der Waals surface area contributed by atoms with Gasteiger partial charge in [0.15, 0.2) is 5.11 Å². The first-order chi connectivity index (χ1) is 16.2. The molecule has 2 N–H and O–H groups in total. The van der Waals surface area contributed by atoms with E-state index in [1.807, 2.05) is 42.5 Å². The molecule has 0 spiro atoms. The van der Waals surface area contributed by atoms with E-state index in [9.17, 15) is 4.79 Å². The number of nitrogens with one attached hydrogen (secondary N) is 2. The molecule has 3 aromatic carbocycles. The van der Waals surface area contributed by atoms with Crippen molar-refractivity contribution in [1.82, 2.24) is 5.32 Å². The van der Waals surface area contributed by atoms with E-state index in [1.54, 1.807) is 31.4 Å². The Balaban J connectivity index is 1.49. The second-order valence-corrected chi connectivity index (χ2v) is 7.62. The van der Waals surface area contributed by atoms with Crippen LogP contribution in [0.4, 0.5) is 5.69 Å². The first-order valence-electron chi connectivity index (χ1n) is 10.8. The quantitative estimate of drug-likeness (QED) is 0.312. The normalized spacial score (nSPS) is 10.3. The van der Waals surface area contributed by atoms with Gasteiger partial charge in [-0.1, -0.05) is 48.5 Å². The second kappa shape index (κ2) is 13.2. The van der Waals surface area contributed by atoms with Gasteiger partial charge in [-0.25, -0.2) is 0 Å². The van der Waals surface area contributed by atoms with Gasteiger partial charge in [-0.3, -0.25) is 10.1 Å². The summed E-state index contributed by atoms with van der Waals surface area (Å²) < 4.78 is 16.5. The van der Waals surface area contributed by atoms with Gasteiger partial charge in [-0.2, -0.15) is 0 Å². The van der Waals surface area contributed by atoms with Crippen molar-refractivity contribution < 1.29 is 19.0 Å². The Morgan fingerprint density at radius 1 is 0.879 bits per heavy atom. The number of amides is 1. The number of carbonyl (C=O) groups excluding carboxylic acids is 1. The number of hydrogen-bond donors (Lipinski definition) is 2. The Labute approximate surface area is 199 Å². The number of rotatable bonds is 11. The molecule has 6 nitrogen and oxygen atoms in total. The molecule has 0 saturated carbocycles. The van der Waals surface area contributed by atoms with Crippen LogP contribution in [0, 0.1) is 0 Å². The highest BCUT2D eigenvalue weighted by Crippen LogP contribution is 2.19. The third-order valence-corrected chi connectivity index (χ3v) is 4.92. The Morgan fingerprint density at radius 2 is 1.67 bits per heavy atom. The van der Waals surface area contributed by atoms with Crippen molar-refractivity contribution in [2.24, 2.45) is 0 Å². The molecular formula is C26H28N2O4S. The fourth-order valence-electron chi connectivity index (χ4n) is 3.12. The lowest BCUT2D eigenvalue weighted by molar-refractivity contribution is 0.0970. The molecule has 0 aromatic heterocycles. The van der Waals surface area contributed by atoms with Crippen LogP contribution >= 0.6 is 12.2 Å². The van der Waals surface area contributed by atoms with Crippen molar-refractivity contribution >= 4 is 28.9 Å². The molecule has 0 fully saturated rings. The summed E-state index contributed by atoms with van der Waals surface area (Å²) in [6.07, 6.45) is 1.88. The summed E-state index contributed by atoms with van der Waals surface area (Å²) in [6.45, 7) is 1.39. The monoisotopic (exact) mass is 464 g/mol. The minimum atomic E-state index is -0.353. The van der Waals surface area contributed by atoms with E-state index in [1.165, 1.54) is 5.56 Å². The second-order valence-electron chi connectivity index (χ2n) is 7.21. The Kier molecular flexibility index (Phi) is 9.69. The van der Waals surface area contributed by atoms with E-state index in [-0.39, 0.29) is 11.0 Å². The molecule has 0 heterocycles. The van der Waals surface area contributed by atoms with Crippen LogP contribution in [0.2, 0.25) is 0 Å². The minimum Gasteiger partial charge on any atom is -0.494 e. The molecule has 0 unspecified atom stereocenters. The van der Waals surface area contributed by atoms with Gasteiger partial charge in [0.2, 0.25) is 0 Å². The number of thiocarbonyl (C=S) groups is 1. The van der Waals surface area contributed by atoms with Gasteiger partial charge in [-0.15, -0.1) is 0 Å². The molecule has 33 heavy (non-hydrogen) atoms. The minimum absolute atomic E-state index is 0.188. The lowest BCUT2D eigenvalue weighted by atomic mass is 10.1. The van der Waals surface area contributed by atoms with Crippen molar-refractivity contribution in [2.75, 3.05) is 32.2 Å². The largest absolute Gasteiger partial charge is 0.494 e. The summed E-state index contributed by atoms with van der Waals surface area (Å²) in [5.74, 6) is 0.855.